The van der Waals surface area contributed by atoms with Gasteiger partial charge >= 0.3 is 6.03 Å². The molecule has 0 aromatic carbocycles. The van der Waals surface area contributed by atoms with E-state index in [0.29, 0.717) is 18.5 Å². The van der Waals surface area contributed by atoms with Gasteiger partial charge in [0.15, 0.2) is 0 Å². The van der Waals surface area contributed by atoms with Crippen molar-refractivity contribution in [1.29, 1.82) is 0 Å². The van der Waals surface area contributed by atoms with Crippen molar-refractivity contribution in [1.82, 2.24) is 20.4 Å². The maximum Gasteiger partial charge on any atom is 0.315 e. The van der Waals surface area contributed by atoms with Crippen LogP contribution in [0.15, 0.2) is 6.07 Å². The second-order valence-corrected chi connectivity index (χ2v) is 7.13. The summed E-state index contributed by atoms with van der Waals surface area (Å²) in [7, 11) is 0. The normalized spacial score (nSPS) is 20.0. The number of thioether (sulfide) groups is 1. The van der Waals surface area contributed by atoms with Crippen molar-refractivity contribution in [2.45, 2.75) is 46.2 Å². The number of carbonyl (C=O) groups excluding carboxylic acids is 1. The van der Waals surface area contributed by atoms with E-state index in [2.05, 4.69) is 35.6 Å². The SMILES string of the molecule is Cc1cc(C)n(C[C@@H](C)CNC(=O)N[C@@H]2CCCSC2)n1. The first-order valence-corrected chi connectivity index (χ1v) is 8.83. The van der Waals surface area contributed by atoms with Gasteiger partial charge in [-0.3, -0.25) is 4.68 Å². The number of hydrogen-bond acceptors (Lipinski definition) is 3. The zero-order chi connectivity index (χ0) is 15.2. The fourth-order valence-corrected chi connectivity index (χ4v) is 3.65. The summed E-state index contributed by atoms with van der Waals surface area (Å²) in [6.45, 7) is 7.70. The van der Waals surface area contributed by atoms with Crippen molar-refractivity contribution in [3.05, 3.63) is 17.5 Å². The number of nitrogens with zero attached hydrogens (tertiary/aromatic N) is 2. The molecule has 6 heteroatoms. The summed E-state index contributed by atoms with van der Waals surface area (Å²) < 4.78 is 2.01. The molecular formula is C15H26N4OS. The highest BCUT2D eigenvalue weighted by Gasteiger charge is 2.16. The largest absolute Gasteiger partial charge is 0.338 e. The molecule has 2 amide bonds. The van der Waals surface area contributed by atoms with Crippen molar-refractivity contribution in [3.63, 3.8) is 0 Å². The van der Waals surface area contributed by atoms with Crippen LogP contribution in [0.4, 0.5) is 4.79 Å². The molecule has 1 aliphatic heterocycles. The number of nitrogens with one attached hydrogen (secondary N) is 2. The molecule has 0 saturated carbocycles. The molecule has 0 aliphatic carbocycles. The minimum absolute atomic E-state index is 0.0392. The van der Waals surface area contributed by atoms with Crippen molar-refractivity contribution in [3.8, 4) is 0 Å². The molecule has 1 aliphatic rings. The summed E-state index contributed by atoms with van der Waals surface area (Å²) in [6, 6.07) is 2.37. The zero-order valence-electron chi connectivity index (χ0n) is 13.2. The van der Waals surface area contributed by atoms with Gasteiger partial charge in [-0.05, 0) is 44.4 Å². The topological polar surface area (TPSA) is 59.0 Å². The third-order valence-electron chi connectivity index (χ3n) is 3.69. The summed E-state index contributed by atoms with van der Waals surface area (Å²) in [5, 5.41) is 10.5. The van der Waals surface area contributed by atoms with Crippen LogP contribution in [-0.2, 0) is 6.54 Å². The highest BCUT2D eigenvalue weighted by molar-refractivity contribution is 7.99. The first kappa shape index (κ1) is 16.2. The number of amides is 2. The average Bonchev–Trinajstić information content (AvgIpc) is 2.76. The van der Waals surface area contributed by atoms with E-state index in [0.717, 1.165) is 24.4 Å². The van der Waals surface area contributed by atoms with Gasteiger partial charge in [-0.2, -0.15) is 16.9 Å². The standard InChI is InChI=1S/C15H26N4OS/c1-11(9-19-13(3)7-12(2)18-19)8-16-15(20)17-14-5-4-6-21-10-14/h7,11,14H,4-6,8-10H2,1-3H3,(H2,16,17,20)/t11-,14+/m0/s1. The van der Waals surface area contributed by atoms with Crippen LogP contribution in [0.3, 0.4) is 0 Å². The van der Waals surface area contributed by atoms with Gasteiger partial charge in [0.2, 0.25) is 0 Å². The van der Waals surface area contributed by atoms with Gasteiger partial charge in [-0.1, -0.05) is 6.92 Å². The lowest BCUT2D eigenvalue weighted by Gasteiger charge is -2.23. The van der Waals surface area contributed by atoms with E-state index in [1.807, 2.05) is 23.4 Å². The van der Waals surface area contributed by atoms with Gasteiger partial charge in [-0.15, -0.1) is 0 Å². The highest BCUT2D eigenvalue weighted by atomic mass is 32.2. The number of urea groups is 1. The maximum atomic E-state index is 11.9. The highest BCUT2D eigenvalue weighted by Crippen LogP contribution is 2.16. The van der Waals surface area contributed by atoms with Crippen molar-refractivity contribution in [2.24, 2.45) is 5.92 Å². The number of hydrogen-bond donors (Lipinski definition) is 2. The fourth-order valence-electron chi connectivity index (χ4n) is 2.58. The van der Waals surface area contributed by atoms with Crippen molar-refractivity contribution >= 4 is 17.8 Å². The van der Waals surface area contributed by atoms with E-state index < -0.39 is 0 Å². The van der Waals surface area contributed by atoms with Crippen LogP contribution < -0.4 is 10.6 Å². The Morgan fingerprint density at radius 3 is 3.00 bits per heavy atom. The van der Waals surface area contributed by atoms with E-state index >= 15 is 0 Å². The van der Waals surface area contributed by atoms with Crippen LogP contribution in [0.5, 0.6) is 0 Å². The number of carbonyl (C=O) groups is 1. The molecule has 2 rings (SSSR count). The Morgan fingerprint density at radius 2 is 2.38 bits per heavy atom. The molecular weight excluding hydrogens is 284 g/mol. The molecule has 0 spiro atoms. The minimum Gasteiger partial charge on any atom is -0.338 e. The third-order valence-corrected chi connectivity index (χ3v) is 4.91. The van der Waals surface area contributed by atoms with Crippen molar-refractivity contribution in [2.75, 3.05) is 18.1 Å². The maximum absolute atomic E-state index is 11.9. The summed E-state index contributed by atoms with van der Waals surface area (Å²) in [5.41, 5.74) is 2.21. The lowest BCUT2D eigenvalue weighted by molar-refractivity contribution is 0.234. The van der Waals surface area contributed by atoms with Gasteiger partial charge < -0.3 is 10.6 Å². The third kappa shape index (κ3) is 5.26. The molecule has 1 saturated heterocycles. The summed E-state index contributed by atoms with van der Waals surface area (Å²) in [6.07, 6.45) is 2.30. The van der Waals surface area contributed by atoms with Gasteiger partial charge in [0.1, 0.15) is 0 Å². The van der Waals surface area contributed by atoms with Crippen LogP contribution >= 0.6 is 11.8 Å². The molecule has 2 heterocycles. The quantitative estimate of drug-likeness (QED) is 0.877. The Balaban J connectivity index is 1.69. The minimum atomic E-state index is -0.0392. The zero-order valence-corrected chi connectivity index (χ0v) is 14.0. The smallest absolute Gasteiger partial charge is 0.315 e. The Morgan fingerprint density at radius 1 is 1.57 bits per heavy atom. The lowest BCUT2D eigenvalue weighted by Crippen LogP contribution is -2.45. The Kier molecular flexibility index (Phi) is 5.96. The predicted octanol–water partition coefficient (Wildman–Crippen LogP) is 2.33. The summed E-state index contributed by atoms with van der Waals surface area (Å²) in [4.78, 5) is 11.9. The molecule has 0 unspecified atom stereocenters. The van der Waals surface area contributed by atoms with Crippen LogP contribution in [-0.4, -0.2) is 39.9 Å². The van der Waals surface area contributed by atoms with E-state index in [4.69, 9.17) is 0 Å². The molecule has 21 heavy (non-hydrogen) atoms. The molecule has 2 atom stereocenters. The van der Waals surface area contributed by atoms with E-state index in [9.17, 15) is 4.79 Å². The molecule has 1 aromatic rings. The molecule has 118 valence electrons. The predicted molar refractivity (Wildman–Crippen MR) is 87.7 cm³/mol. The Labute approximate surface area is 131 Å². The van der Waals surface area contributed by atoms with Gasteiger partial charge in [0.25, 0.3) is 0 Å². The number of aryl methyl sites for hydroxylation is 2. The second-order valence-electron chi connectivity index (χ2n) is 5.98. The monoisotopic (exact) mass is 310 g/mol. The van der Waals surface area contributed by atoms with Crippen molar-refractivity contribution < 1.29 is 4.79 Å². The molecule has 0 radical (unpaired) electrons. The van der Waals surface area contributed by atoms with Gasteiger partial charge in [0, 0.05) is 30.6 Å². The van der Waals surface area contributed by atoms with E-state index in [1.165, 1.54) is 17.9 Å². The van der Waals surface area contributed by atoms with E-state index in [-0.39, 0.29) is 6.03 Å². The Bertz CT molecular complexity index is 468. The molecule has 2 N–H and O–H groups in total. The van der Waals surface area contributed by atoms with Crippen LogP contribution in [0.1, 0.15) is 31.2 Å². The summed E-state index contributed by atoms with van der Waals surface area (Å²) in [5.74, 6) is 2.61. The van der Waals surface area contributed by atoms with Crippen LogP contribution in [0.2, 0.25) is 0 Å². The second kappa shape index (κ2) is 7.73. The first-order chi connectivity index (χ1) is 10.0. The molecule has 0 bridgehead atoms. The number of rotatable bonds is 5. The molecule has 5 nitrogen and oxygen atoms in total. The Hall–Kier alpha value is -1.17. The molecule has 1 fully saturated rings. The van der Waals surface area contributed by atoms with Crippen LogP contribution in [0, 0.1) is 19.8 Å². The van der Waals surface area contributed by atoms with Gasteiger partial charge in [-0.25, -0.2) is 4.79 Å². The van der Waals surface area contributed by atoms with E-state index in [1.54, 1.807) is 0 Å². The fraction of sp³-hybridized carbons (Fsp3) is 0.733. The summed E-state index contributed by atoms with van der Waals surface area (Å²) >= 11 is 1.92. The van der Waals surface area contributed by atoms with Gasteiger partial charge in [0.05, 0.1) is 5.69 Å². The first-order valence-electron chi connectivity index (χ1n) is 7.67. The number of aromatic nitrogens is 2. The average molecular weight is 310 g/mol. The van der Waals surface area contributed by atoms with Crippen LogP contribution in [0.25, 0.3) is 0 Å². The lowest BCUT2D eigenvalue weighted by atomic mass is 10.2. The molecule has 1 aromatic heterocycles.